The molecule has 2 N–H and O–H groups in total. The van der Waals surface area contributed by atoms with E-state index in [1.165, 1.54) is 37.5 Å². The molecular formula is C16H30IN5S. The Morgan fingerprint density at radius 3 is 2.78 bits per heavy atom. The molecule has 2 rings (SSSR count). The predicted molar refractivity (Wildman–Crippen MR) is 111 cm³/mol. The van der Waals surface area contributed by atoms with Crippen LogP contribution in [0.1, 0.15) is 11.3 Å². The summed E-state index contributed by atoms with van der Waals surface area (Å²) in [6.07, 6.45) is 2.32. The molecule has 2 heterocycles. The third kappa shape index (κ3) is 8.32. The summed E-state index contributed by atoms with van der Waals surface area (Å²) < 4.78 is 0. The molecule has 1 saturated heterocycles. The van der Waals surface area contributed by atoms with Crippen LogP contribution in [0.25, 0.3) is 0 Å². The number of hydrogen-bond acceptors (Lipinski definition) is 4. The molecule has 1 aromatic heterocycles. The Balaban J connectivity index is 0.00000264. The van der Waals surface area contributed by atoms with Crippen LogP contribution >= 0.6 is 35.3 Å². The smallest absolute Gasteiger partial charge is 0.191 e. The number of rotatable bonds is 6. The van der Waals surface area contributed by atoms with Gasteiger partial charge in [-0.25, -0.2) is 0 Å². The Morgan fingerprint density at radius 2 is 2.04 bits per heavy atom. The molecule has 1 aliphatic heterocycles. The van der Waals surface area contributed by atoms with Crippen molar-refractivity contribution < 1.29 is 0 Å². The van der Waals surface area contributed by atoms with Gasteiger partial charge in [0.25, 0.3) is 0 Å². The van der Waals surface area contributed by atoms with Crippen LogP contribution in [0.5, 0.6) is 0 Å². The molecule has 0 radical (unpaired) electrons. The van der Waals surface area contributed by atoms with E-state index in [0.717, 1.165) is 32.0 Å². The second kappa shape index (κ2) is 12.0. The van der Waals surface area contributed by atoms with E-state index in [0.29, 0.717) is 0 Å². The zero-order valence-electron chi connectivity index (χ0n) is 14.3. The van der Waals surface area contributed by atoms with E-state index in [1.54, 1.807) is 0 Å². The van der Waals surface area contributed by atoms with E-state index in [-0.39, 0.29) is 24.0 Å². The first kappa shape index (κ1) is 20.7. The molecule has 0 bridgehead atoms. The van der Waals surface area contributed by atoms with Crippen molar-refractivity contribution in [2.24, 2.45) is 4.99 Å². The van der Waals surface area contributed by atoms with Gasteiger partial charge in [0.05, 0.1) is 0 Å². The molecule has 1 aliphatic rings. The van der Waals surface area contributed by atoms with Crippen molar-refractivity contribution in [3.63, 3.8) is 0 Å². The SMILES string of the molecule is CN=C(NCCc1cccs1)NCCN1CCCN(C)CC1.I. The second-order valence-electron chi connectivity index (χ2n) is 5.75. The van der Waals surface area contributed by atoms with Crippen LogP contribution in [0.3, 0.4) is 0 Å². The minimum atomic E-state index is 0. The standard InChI is InChI=1S/C16H29N5S.HI/c1-17-16(18-7-6-15-5-3-14-22-15)19-8-11-21-10-4-9-20(2)12-13-21;/h3,5,14H,4,6-13H2,1-2H3,(H2,17,18,19);1H. The first-order chi connectivity index (χ1) is 10.8. The lowest BCUT2D eigenvalue weighted by atomic mass is 10.3. The van der Waals surface area contributed by atoms with Crippen molar-refractivity contribution in [2.45, 2.75) is 12.8 Å². The number of thiophene rings is 1. The lowest BCUT2D eigenvalue weighted by Crippen LogP contribution is -2.42. The number of nitrogens with zero attached hydrogens (tertiary/aromatic N) is 3. The first-order valence-electron chi connectivity index (χ1n) is 8.16. The summed E-state index contributed by atoms with van der Waals surface area (Å²) in [6.45, 7) is 7.72. The molecule has 0 aromatic carbocycles. The summed E-state index contributed by atoms with van der Waals surface area (Å²) in [6, 6.07) is 4.28. The number of likely N-dealkylation sites (N-methyl/N-ethyl adjacent to an activating group) is 1. The zero-order valence-corrected chi connectivity index (χ0v) is 17.4. The fourth-order valence-corrected chi connectivity index (χ4v) is 3.34. The van der Waals surface area contributed by atoms with Gasteiger partial charge in [0.1, 0.15) is 0 Å². The van der Waals surface area contributed by atoms with E-state index in [9.17, 15) is 0 Å². The molecule has 7 heteroatoms. The Kier molecular flexibility index (Phi) is 10.8. The van der Waals surface area contributed by atoms with Gasteiger partial charge >= 0.3 is 0 Å². The Hall–Kier alpha value is -0.380. The van der Waals surface area contributed by atoms with Crippen LogP contribution < -0.4 is 10.6 Å². The molecular weight excluding hydrogens is 421 g/mol. The number of nitrogens with one attached hydrogen (secondary N) is 2. The zero-order chi connectivity index (χ0) is 15.6. The fraction of sp³-hybridized carbons (Fsp3) is 0.688. The number of hydrogen-bond donors (Lipinski definition) is 2. The lowest BCUT2D eigenvalue weighted by Gasteiger charge is -2.21. The molecule has 0 unspecified atom stereocenters. The maximum absolute atomic E-state index is 4.29. The average Bonchev–Trinajstić information content (AvgIpc) is 2.95. The highest BCUT2D eigenvalue weighted by molar-refractivity contribution is 14.0. The van der Waals surface area contributed by atoms with E-state index < -0.39 is 0 Å². The van der Waals surface area contributed by atoms with Crippen LogP contribution in [-0.4, -0.2) is 75.7 Å². The van der Waals surface area contributed by atoms with E-state index >= 15 is 0 Å². The molecule has 0 spiro atoms. The van der Waals surface area contributed by atoms with E-state index in [1.807, 2.05) is 18.4 Å². The van der Waals surface area contributed by atoms with Gasteiger partial charge in [-0.2, -0.15) is 0 Å². The predicted octanol–water partition coefficient (Wildman–Crippen LogP) is 1.71. The van der Waals surface area contributed by atoms with Crippen LogP contribution in [0.2, 0.25) is 0 Å². The second-order valence-corrected chi connectivity index (χ2v) is 6.79. The quantitative estimate of drug-likeness (QED) is 0.393. The average molecular weight is 451 g/mol. The van der Waals surface area contributed by atoms with Crippen molar-refractivity contribution >= 4 is 41.3 Å². The van der Waals surface area contributed by atoms with Crippen LogP contribution in [0.15, 0.2) is 22.5 Å². The summed E-state index contributed by atoms with van der Waals surface area (Å²) in [5.41, 5.74) is 0. The third-order valence-electron chi connectivity index (χ3n) is 4.00. The van der Waals surface area contributed by atoms with Crippen molar-refractivity contribution in [2.75, 3.05) is 59.9 Å². The highest BCUT2D eigenvalue weighted by atomic mass is 127. The topological polar surface area (TPSA) is 42.9 Å². The Labute approximate surface area is 161 Å². The maximum atomic E-state index is 4.29. The minimum Gasteiger partial charge on any atom is -0.356 e. The normalized spacial score (nSPS) is 17.4. The molecule has 1 fully saturated rings. The van der Waals surface area contributed by atoms with Crippen LogP contribution in [0.4, 0.5) is 0 Å². The number of guanidine groups is 1. The fourth-order valence-electron chi connectivity index (χ4n) is 2.64. The van der Waals surface area contributed by atoms with Crippen molar-refractivity contribution in [1.29, 1.82) is 0 Å². The van der Waals surface area contributed by atoms with Crippen molar-refractivity contribution in [1.82, 2.24) is 20.4 Å². The van der Waals surface area contributed by atoms with Gasteiger partial charge in [0, 0.05) is 44.6 Å². The number of halogens is 1. The molecule has 132 valence electrons. The van der Waals surface area contributed by atoms with Gasteiger partial charge in [0.15, 0.2) is 5.96 Å². The highest BCUT2D eigenvalue weighted by Gasteiger charge is 2.11. The van der Waals surface area contributed by atoms with Gasteiger partial charge < -0.3 is 20.4 Å². The van der Waals surface area contributed by atoms with E-state index in [2.05, 4.69) is 50.0 Å². The number of aliphatic imine (C=N–C) groups is 1. The lowest BCUT2D eigenvalue weighted by molar-refractivity contribution is 0.280. The molecule has 0 atom stereocenters. The molecule has 1 aromatic rings. The molecule has 0 aliphatic carbocycles. The van der Waals surface area contributed by atoms with Crippen LogP contribution in [0, 0.1) is 0 Å². The van der Waals surface area contributed by atoms with Crippen molar-refractivity contribution in [3.8, 4) is 0 Å². The van der Waals surface area contributed by atoms with Gasteiger partial charge in [0.2, 0.25) is 0 Å². The summed E-state index contributed by atoms with van der Waals surface area (Å²) in [5, 5.41) is 8.93. The van der Waals surface area contributed by atoms with E-state index in [4.69, 9.17) is 0 Å². The Bertz CT molecular complexity index is 438. The molecule has 0 amide bonds. The molecule has 0 saturated carbocycles. The first-order valence-corrected chi connectivity index (χ1v) is 9.03. The summed E-state index contributed by atoms with van der Waals surface area (Å²) in [4.78, 5) is 10.7. The van der Waals surface area contributed by atoms with Crippen molar-refractivity contribution in [3.05, 3.63) is 22.4 Å². The molecule has 23 heavy (non-hydrogen) atoms. The van der Waals surface area contributed by atoms with Gasteiger partial charge in [-0.05, 0) is 44.4 Å². The van der Waals surface area contributed by atoms with Gasteiger partial charge in [-0.3, -0.25) is 4.99 Å². The third-order valence-corrected chi connectivity index (χ3v) is 4.94. The van der Waals surface area contributed by atoms with Crippen LogP contribution in [-0.2, 0) is 6.42 Å². The highest BCUT2D eigenvalue weighted by Crippen LogP contribution is 2.07. The Morgan fingerprint density at radius 1 is 1.22 bits per heavy atom. The largest absolute Gasteiger partial charge is 0.356 e. The summed E-state index contributed by atoms with van der Waals surface area (Å²) >= 11 is 1.81. The minimum absolute atomic E-state index is 0. The van der Waals surface area contributed by atoms with Gasteiger partial charge in [-0.15, -0.1) is 35.3 Å². The summed E-state index contributed by atoms with van der Waals surface area (Å²) in [5.74, 6) is 0.906. The van der Waals surface area contributed by atoms with Gasteiger partial charge in [-0.1, -0.05) is 6.07 Å². The molecule has 5 nitrogen and oxygen atoms in total. The monoisotopic (exact) mass is 451 g/mol. The maximum Gasteiger partial charge on any atom is 0.191 e. The summed E-state index contributed by atoms with van der Waals surface area (Å²) in [7, 11) is 4.04.